The van der Waals surface area contributed by atoms with E-state index in [1.807, 2.05) is 24.3 Å². The molecule has 19 heavy (non-hydrogen) atoms. The lowest BCUT2D eigenvalue weighted by atomic mass is 9.98. The predicted octanol–water partition coefficient (Wildman–Crippen LogP) is 3.48. The summed E-state index contributed by atoms with van der Waals surface area (Å²) >= 11 is 0. The van der Waals surface area contributed by atoms with Crippen LogP contribution < -0.4 is 4.74 Å². The van der Waals surface area contributed by atoms with Gasteiger partial charge in [-0.1, -0.05) is 31.4 Å². The van der Waals surface area contributed by atoms with E-state index in [9.17, 15) is 0 Å². The van der Waals surface area contributed by atoms with Crippen LogP contribution in [0.5, 0.6) is 5.75 Å². The standard InChI is InChI=1S/C16H21NO2/c17-11-10-14-6-8-16(9-7-14)19-13-12-18-15-4-2-1-3-5-15/h6-9,15H,1-5,10,12-13H2. The van der Waals surface area contributed by atoms with Gasteiger partial charge in [-0.25, -0.2) is 0 Å². The van der Waals surface area contributed by atoms with Crippen molar-refractivity contribution in [3.05, 3.63) is 29.8 Å². The second-order valence-corrected chi connectivity index (χ2v) is 4.96. The van der Waals surface area contributed by atoms with Gasteiger partial charge in [0.05, 0.1) is 25.2 Å². The van der Waals surface area contributed by atoms with Crippen LogP contribution in [0.15, 0.2) is 24.3 Å². The maximum absolute atomic E-state index is 8.59. The summed E-state index contributed by atoms with van der Waals surface area (Å²) in [6.07, 6.45) is 7.23. The monoisotopic (exact) mass is 259 g/mol. The van der Waals surface area contributed by atoms with Gasteiger partial charge in [0.25, 0.3) is 0 Å². The van der Waals surface area contributed by atoms with Crippen molar-refractivity contribution < 1.29 is 9.47 Å². The fourth-order valence-electron chi connectivity index (χ4n) is 2.40. The highest BCUT2D eigenvalue weighted by Crippen LogP contribution is 2.20. The Kier molecular flexibility index (Phi) is 5.71. The van der Waals surface area contributed by atoms with E-state index in [0.29, 0.717) is 25.7 Å². The van der Waals surface area contributed by atoms with Gasteiger partial charge in [0.2, 0.25) is 0 Å². The van der Waals surface area contributed by atoms with Crippen molar-refractivity contribution in [2.45, 2.75) is 44.6 Å². The Morgan fingerprint density at radius 2 is 1.79 bits per heavy atom. The third kappa shape index (κ3) is 4.92. The van der Waals surface area contributed by atoms with E-state index >= 15 is 0 Å². The van der Waals surface area contributed by atoms with Crippen LogP contribution in [0.25, 0.3) is 0 Å². The van der Waals surface area contributed by atoms with Crippen molar-refractivity contribution in [2.24, 2.45) is 0 Å². The molecule has 0 aromatic heterocycles. The molecule has 2 rings (SSSR count). The molecule has 3 nitrogen and oxygen atoms in total. The Bertz CT molecular complexity index is 402. The van der Waals surface area contributed by atoms with Gasteiger partial charge in [-0.2, -0.15) is 5.26 Å². The second-order valence-electron chi connectivity index (χ2n) is 4.96. The van der Waals surface area contributed by atoms with Crippen LogP contribution in [0.4, 0.5) is 0 Å². The fourth-order valence-corrected chi connectivity index (χ4v) is 2.40. The van der Waals surface area contributed by atoms with Crippen molar-refractivity contribution in [1.29, 1.82) is 5.26 Å². The number of hydrogen-bond acceptors (Lipinski definition) is 3. The molecule has 0 N–H and O–H groups in total. The maximum Gasteiger partial charge on any atom is 0.119 e. The number of rotatable bonds is 6. The SMILES string of the molecule is N#CCc1ccc(OCCOC2CCCCC2)cc1. The first kappa shape index (κ1) is 13.9. The van der Waals surface area contributed by atoms with Crippen LogP contribution >= 0.6 is 0 Å². The van der Waals surface area contributed by atoms with Crippen LogP contribution in [0.1, 0.15) is 37.7 Å². The van der Waals surface area contributed by atoms with E-state index < -0.39 is 0 Å². The van der Waals surface area contributed by atoms with Gasteiger partial charge in [-0.3, -0.25) is 0 Å². The summed E-state index contributed by atoms with van der Waals surface area (Å²) in [5.74, 6) is 0.842. The number of hydrogen-bond donors (Lipinski definition) is 0. The third-order valence-corrected chi connectivity index (χ3v) is 3.46. The van der Waals surface area contributed by atoms with Gasteiger partial charge < -0.3 is 9.47 Å². The van der Waals surface area contributed by atoms with Crippen molar-refractivity contribution in [3.63, 3.8) is 0 Å². The number of nitrogens with zero attached hydrogens (tertiary/aromatic N) is 1. The summed E-state index contributed by atoms with van der Waals surface area (Å²) in [5, 5.41) is 8.59. The van der Waals surface area contributed by atoms with Crippen molar-refractivity contribution in [2.75, 3.05) is 13.2 Å². The first-order valence-electron chi connectivity index (χ1n) is 7.09. The normalized spacial score (nSPS) is 15.9. The maximum atomic E-state index is 8.59. The first-order chi connectivity index (χ1) is 9.38. The summed E-state index contributed by atoms with van der Waals surface area (Å²) in [7, 11) is 0. The molecule has 1 saturated carbocycles. The Morgan fingerprint density at radius 1 is 1.05 bits per heavy atom. The summed E-state index contributed by atoms with van der Waals surface area (Å²) in [6, 6.07) is 9.81. The molecule has 0 atom stereocenters. The molecular formula is C16H21NO2. The molecule has 0 aliphatic heterocycles. The summed E-state index contributed by atoms with van der Waals surface area (Å²) < 4.78 is 11.4. The lowest BCUT2D eigenvalue weighted by Crippen LogP contribution is -2.19. The molecule has 1 aliphatic carbocycles. The van der Waals surface area contributed by atoms with Gasteiger partial charge in [-0.15, -0.1) is 0 Å². The van der Waals surface area contributed by atoms with Crippen LogP contribution in [-0.2, 0) is 11.2 Å². The van der Waals surface area contributed by atoms with Crippen LogP contribution in [0, 0.1) is 11.3 Å². The quantitative estimate of drug-likeness (QED) is 0.734. The van der Waals surface area contributed by atoms with Crippen molar-refractivity contribution in [1.82, 2.24) is 0 Å². The highest BCUT2D eigenvalue weighted by atomic mass is 16.5. The minimum Gasteiger partial charge on any atom is -0.491 e. The lowest BCUT2D eigenvalue weighted by Gasteiger charge is -2.21. The van der Waals surface area contributed by atoms with Crippen LogP contribution in [0.3, 0.4) is 0 Å². The first-order valence-corrected chi connectivity index (χ1v) is 7.09. The minimum atomic E-state index is 0.440. The smallest absolute Gasteiger partial charge is 0.119 e. The van der Waals surface area contributed by atoms with Gasteiger partial charge in [0.1, 0.15) is 12.4 Å². The van der Waals surface area contributed by atoms with Gasteiger partial charge in [0.15, 0.2) is 0 Å². The average molecular weight is 259 g/mol. The van der Waals surface area contributed by atoms with E-state index in [0.717, 1.165) is 11.3 Å². The molecule has 0 unspecified atom stereocenters. The van der Waals surface area contributed by atoms with E-state index in [2.05, 4.69) is 6.07 Å². The van der Waals surface area contributed by atoms with E-state index in [1.165, 1.54) is 32.1 Å². The van der Waals surface area contributed by atoms with Crippen LogP contribution in [0.2, 0.25) is 0 Å². The zero-order valence-corrected chi connectivity index (χ0v) is 11.3. The summed E-state index contributed by atoms with van der Waals surface area (Å²) in [5.41, 5.74) is 1.02. The minimum absolute atomic E-state index is 0.440. The largest absolute Gasteiger partial charge is 0.491 e. The number of ether oxygens (including phenoxy) is 2. The van der Waals surface area contributed by atoms with Gasteiger partial charge in [-0.05, 0) is 30.5 Å². The number of nitriles is 1. The van der Waals surface area contributed by atoms with Gasteiger partial charge >= 0.3 is 0 Å². The van der Waals surface area contributed by atoms with E-state index in [1.54, 1.807) is 0 Å². The molecule has 0 amide bonds. The number of benzene rings is 1. The highest BCUT2D eigenvalue weighted by molar-refractivity contribution is 5.28. The zero-order chi connectivity index (χ0) is 13.3. The lowest BCUT2D eigenvalue weighted by molar-refractivity contribution is 0.0129. The molecule has 1 aliphatic rings. The molecule has 102 valence electrons. The molecule has 0 radical (unpaired) electrons. The fraction of sp³-hybridized carbons (Fsp3) is 0.562. The van der Waals surface area contributed by atoms with Crippen molar-refractivity contribution >= 4 is 0 Å². The Hall–Kier alpha value is -1.53. The van der Waals surface area contributed by atoms with E-state index in [4.69, 9.17) is 14.7 Å². The Morgan fingerprint density at radius 3 is 2.47 bits per heavy atom. The van der Waals surface area contributed by atoms with Crippen LogP contribution in [-0.4, -0.2) is 19.3 Å². The molecule has 1 fully saturated rings. The van der Waals surface area contributed by atoms with Gasteiger partial charge in [0, 0.05) is 0 Å². The molecular weight excluding hydrogens is 238 g/mol. The second kappa shape index (κ2) is 7.81. The molecule has 1 aromatic carbocycles. The molecule has 0 heterocycles. The molecule has 1 aromatic rings. The molecule has 0 spiro atoms. The zero-order valence-electron chi connectivity index (χ0n) is 11.3. The Balaban J connectivity index is 1.63. The molecule has 0 saturated heterocycles. The molecule has 3 heteroatoms. The summed E-state index contributed by atoms with van der Waals surface area (Å²) in [4.78, 5) is 0. The highest BCUT2D eigenvalue weighted by Gasteiger charge is 2.13. The third-order valence-electron chi connectivity index (χ3n) is 3.46. The molecule has 0 bridgehead atoms. The summed E-state index contributed by atoms with van der Waals surface area (Å²) in [6.45, 7) is 1.25. The predicted molar refractivity (Wildman–Crippen MR) is 74.1 cm³/mol. The van der Waals surface area contributed by atoms with E-state index in [-0.39, 0.29) is 0 Å². The topological polar surface area (TPSA) is 42.2 Å². The average Bonchev–Trinajstić information content (AvgIpc) is 2.47. The Labute approximate surface area is 115 Å². The van der Waals surface area contributed by atoms with Crippen molar-refractivity contribution in [3.8, 4) is 11.8 Å².